The predicted octanol–water partition coefficient (Wildman–Crippen LogP) is 3.88. The minimum atomic E-state index is -0.606. The number of ether oxygens (including phenoxy) is 2. The second-order valence-corrected chi connectivity index (χ2v) is 6.97. The third-order valence-electron chi connectivity index (χ3n) is 4.77. The van der Waals surface area contributed by atoms with Gasteiger partial charge in [0.25, 0.3) is 10.9 Å². The van der Waals surface area contributed by atoms with E-state index in [1.807, 2.05) is 0 Å². The van der Waals surface area contributed by atoms with Gasteiger partial charge in [0.05, 0.1) is 28.9 Å². The van der Waals surface area contributed by atoms with Gasteiger partial charge >= 0.3 is 0 Å². The molecule has 0 aliphatic rings. The molecule has 0 unspecified atom stereocenters. The molecule has 1 heterocycles. The first kappa shape index (κ1) is 20.4. The van der Waals surface area contributed by atoms with Crippen molar-refractivity contribution in [3.63, 3.8) is 0 Å². The summed E-state index contributed by atoms with van der Waals surface area (Å²) in [7, 11) is 3.04. The van der Waals surface area contributed by atoms with Crippen molar-refractivity contribution in [2.45, 2.75) is 0 Å². The van der Waals surface area contributed by atoms with Gasteiger partial charge in [-0.3, -0.25) is 19.4 Å². The van der Waals surface area contributed by atoms with Gasteiger partial charge in [-0.05, 0) is 24.3 Å². The van der Waals surface area contributed by atoms with Gasteiger partial charge in [-0.25, -0.2) is 0 Å². The molecule has 2 N–H and O–H groups in total. The van der Waals surface area contributed by atoms with Crippen LogP contribution in [0.5, 0.6) is 17.2 Å². The topological polar surface area (TPSA) is 107 Å². The Hall–Kier alpha value is -3.91. The maximum atomic E-state index is 11.8. The van der Waals surface area contributed by atoms with Crippen LogP contribution in [0.4, 0.5) is 17.1 Å². The van der Waals surface area contributed by atoms with Crippen molar-refractivity contribution in [3.05, 3.63) is 73.6 Å². The molecule has 4 rings (SSSR count). The highest BCUT2D eigenvalue weighted by Crippen LogP contribution is 2.35. The smallest absolute Gasteiger partial charge is 0.253 e. The Balaban J connectivity index is 1.65. The zero-order valence-corrected chi connectivity index (χ0v) is 17.2. The fourth-order valence-electron chi connectivity index (χ4n) is 3.19. The first-order valence-electron chi connectivity index (χ1n) is 9.14. The molecular weight excluding hydrogens is 422 g/mol. The molecule has 0 spiro atoms. The largest absolute Gasteiger partial charge is 0.496 e. The Morgan fingerprint density at radius 1 is 1.03 bits per heavy atom. The summed E-state index contributed by atoms with van der Waals surface area (Å²) >= 11 is 6.34. The molecule has 156 valence electrons. The number of nitrogens with zero attached hydrogens (tertiary/aromatic N) is 1. The Labute approximate surface area is 181 Å². The van der Waals surface area contributed by atoms with E-state index in [2.05, 4.69) is 15.6 Å². The number of carbonyl (C=O) groups excluding carboxylic acids is 1. The van der Waals surface area contributed by atoms with Crippen LogP contribution in [0.15, 0.2) is 52.2 Å². The summed E-state index contributed by atoms with van der Waals surface area (Å²) in [5, 5.41) is 6.49. The minimum absolute atomic E-state index is 0.165. The molecule has 0 amide bonds. The third kappa shape index (κ3) is 3.57. The van der Waals surface area contributed by atoms with Crippen molar-refractivity contribution in [3.8, 4) is 17.2 Å². The molecule has 9 heteroatoms. The summed E-state index contributed by atoms with van der Waals surface area (Å²) in [5.74, 6) is 1.34. The SMILES string of the molecule is CNc1c(Nc2ccc(Oc3ccnc4cc(OC)c(C=O)cc34)cc2Cl)c(=O)c1=O. The highest BCUT2D eigenvalue weighted by Gasteiger charge is 2.20. The van der Waals surface area contributed by atoms with Gasteiger partial charge in [0, 0.05) is 30.8 Å². The van der Waals surface area contributed by atoms with Gasteiger partial charge in [0.2, 0.25) is 0 Å². The molecule has 4 aromatic rings. The highest BCUT2D eigenvalue weighted by atomic mass is 35.5. The normalized spacial score (nSPS) is 10.8. The van der Waals surface area contributed by atoms with Gasteiger partial charge in [0.15, 0.2) is 6.29 Å². The number of halogens is 1. The molecule has 0 bridgehead atoms. The van der Waals surface area contributed by atoms with Crippen molar-refractivity contribution in [2.75, 3.05) is 24.8 Å². The van der Waals surface area contributed by atoms with Gasteiger partial charge in [-0.15, -0.1) is 0 Å². The molecule has 0 radical (unpaired) electrons. The van der Waals surface area contributed by atoms with Crippen LogP contribution in [0, 0.1) is 0 Å². The van der Waals surface area contributed by atoms with Gasteiger partial charge < -0.3 is 20.1 Å². The summed E-state index contributed by atoms with van der Waals surface area (Å²) < 4.78 is 11.2. The number of pyridine rings is 1. The number of methoxy groups -OCH3 is 1. The van der Waals surface area contributed by atoms with E-state index in [4.69, 9.17) is 21.1 Å². The van der Waals surface area contributed by atoms with E-state index < -0.39 is 10.9 Å². The van der Waals surface area contributed by atoms with Crippen molar-refractivity contribution in [1.82, 2.24) is 4.98 Å². The van der Waals surface area contributed by atoms with Crippen LogP contribution < -0.4 is 31.0 Å². The number of aldehydes is 1. The lowest BCUT2D eigenvalue weighted by molar-refractivity contribution is 0.112. The minimum Gasteiger partial charge on any atom is -0.496 e. The molecule has 0 saturated carbocycles. The van der Waals surface area contributed by atoms with Gasteiger partial charge in [-0.2, -0.15) is 0 Å². The zero-order valence-electron chi connectivity index (χ0n) is 16.5. The van der Waals surface area contributed by atoms with E-state index >= 15 is 0 Å². The monoisotopic (exact) mass is 437 g/mol. The van der Waals surface area contributed by atoms with E-state index in [1.54, 1.807) is 49.6 Å². The van der Waals surface area contributed by atoms with Crippen molar-refractivity contribution < 1.29 is 14.3 Å². The fraction of sp³-hybridized carbons (Fsp3) is 0.0909. The Morgan fingerprint density at radius 3 is 2.48 bits per heavy atom. The lowest BCUT2D eigenvalue weighted by atomic mass is 10.1. The molecule has 0 aliphatic carbocycles. The number of fused-ring (bicyclic) bond motifs is 1. The van der Waals surface area contributed by atoms with Gasteiger partial charge in [-0.1, -0.05) is 11.6 Å². The molecular formula is C22H16ClN3O5. The number of anilines is 3. The molecule has 8 nitrogen and oxygen atoms in total. The summed E-state index contributed by atoms with van der Waals surface area (Å²) in [6.07, 6.45) is 2.28. The molecule has 31 heavy (non-hydrogen) atoms. The number of hydrogen-bond donors (Lipinski definition) is 2. The molecule has 1 aromatic heterocycles. The van der Waals surface area contributed by atoms with E-state index in [1.165, 1.54) is 7.11 Å². The molecule has 0 aliphatic heterocycles. The number of nitrogens with one attached hydrogen (secondary N) is 2. The third-order valence-corrected chi connectivity index (χ3v) is 5.08. The molecule has 0 saturated heterocycles. The zero-order chi connectivity index (χ0) is 22.1. The number of rotatable bonds is 7. The average molecular weight is 438 g/mol. The van der Waals surface area contributed by atoms with Crippen LogP contribution in [-0.2, 0) is 0 Å². The first-order chi connectivity index (χ1) is 15.0. The second kappa shape index (κ2) is 8.08. The van der Waals surface area contributed by atoms with E-state index in [0.717, 1.165) is 0 Å². The molecule has 3 aromatic carbocycles. The van der Waals surface area contributed by atoms with Crippen LogP contribution in [0.1, 0.15) is 10.4 Å². The van der Waals surface area contributed by atoms with Crippen molar-refractivity contribution in [2.24, 2.45) is 0 Å². The van der Waals surface area contributed by atoms with Crippen molar-refractivity contribution in [1.29, 1.82) is 0 Å². The number of benzene rings is 2. The van der Waals surface area contributed by atoms with Crippen LogP contribution in [-0.4, -0.2) is 25.4 Å². The fourth-order valence-corrected chi connectivity index (χ4v) is 3.41. The highest BCUT2D eigenvalue weighted by molar-refractivity contribution is 6.33. The predicted molar refractivity (Wildman–Crippen MR) is 119 cm³/mol. The number of aromatic nitrogens is 1. The van der Waals surface area contributed by atoms with Crippen LogP contribution in [0.3, 0.4) is 0 Å². The summed E-state index contributed by atoms with van der Waals surface area (Å²) in [6, 6.07) is 9.85. The van der Waals surface area contributed by atoms with E-state index in [9.17, 15) is 14.4 Å². The Bertz CT molecular complexity index is 1390. The van der Waals surface area contributed by atoms with Crippen LogP contribution >= 0.6 is 11.6 Å². The lowest BCUT2D eigenvalue weighted by Gasteiger charge is -2.15. The summed E-state index contributed by atoms with van der Waals surface area (Å²) in [6.45, 7) is 0. The van der Waals surface area contributed by atoms with Crippen molar-refractivity contribution >= 4 is 45.9 Å². The van der Waals surface area contributed by atoms with Crippen LogP contribution in [0.2, 0.25) is 5.02 Å². The quantitative estimate of drug-likeness (QED) is 0.331. The standard InChI is InChI=1S/C22H16ClN3O5/c1-24-19-20(22(29)21(19)28)26-15-4-3-12(8-14(15)23)31-17-5-6-25-16-9-18(30-2)11(10-27)7-13(16)17/h3-10,24,26H,1-2H3. The summed E-state index contributed by atoms with van der Waals surface area (Å²) in [5.41, 5.74) is 0.625. The maximum absolute atomic E-state index is 11.8. The second-order valence-electron chi connectivity index (χ2n) is 6.57. The Morgan fingerprint density at radius 2 is 1.81 bits per heavy atom. The van der Waals surface area contributed by atoms with Crippen LogP contribution in [0.25, 0.3) is 10.9 Å². The van der Waals surface area contributed by atoms with E-state index in [-0.39, 0.29) is 11.4 Å². The van der Waals surface area contributed by atoms with Gasteiger partial charge in [0.1, 0.15) is 28.6 Å². The average Bonchev–Trinajstić information content (AvgIpc) is 2.79. The van der Waals surface area contributed by atoms with E-state index in [0.29, 0.717) is 50.7 Å². The lowest BCUT2D eigenvalue weighted by Crippen LogP contribution is -2.35. The molecule has 0 fully saturated rings. The summed E-state index contributed by atoms with van der Waals surface area (Å²) in [4.78, 5) is 39.0. The first-order valence-corrected chi connectivity index (χ1v) is 9.52. The Kier molecular flexibility index (Phi) is 5.31. The number of carbonyl (C=O) groups is 1. The maximum Gasteiger partial charge on any atom is 0.253 e. The molecule has 0 atom stereocenters. The number of hydrogen-bond acceptors (Lipinski definition) is 8.